The third-order valence-electron chi connectivity index (χ3n) is 4.12. The molecule has 0 atom stereocenters. The number of rotatable bonds is 7. The molecule has 1 aromatic rings. The minimum Gasteiger partial charge on any atom is -0.374 e. The second-order valence-corrected chi connectivity index (χ2v) is 6.85. The van der Waals surface area contributed by atoms with Crippen molar-refractivity contribution in [1.82, 2.24) is 5.32 Å². The Morgan fingerprint density at radius 1 is 1.35 bits per heavy atom. The fourth-order valence-corrected chi connectivity index (χ4v) is 2.96. The van der Waals surface area contributed by atoms with Crippen LogP contribution in [-0.2, 0) is 6.54 Å². The van der Waals surface area contributed by atoms with E-state index >= 15 is 0 Å². The van der Waals surface area contributed by atoms with Crippen molar-refractivity contribution in [2.24, 2.45) is 11.8 Å². The lowest BCUT2D eigenvalue weighted by Crippen LogP contribution is -2.30. The first-order valence-electron chi connectivity index (χ1n) is 7.77. The SMILES string of the molecule is CC(C)CNCc1c(Cl)cccc1N(C)CC1CCC1. The van der Waals surface area contributed by atoms with Gasteiger partial charge in [0.15, 0.2) is 0 Å². The van der Waals surface area contributed by atoms with Crippen LogP contribution in [0.15, 0.2) is 18.2 Å². The van der Waals surface area contributed by atoms with Gasteiger partial charge in [0.2, 0.25) is 0 Å². The maximum Gasteiger partial charge on any atom is 0.0471 e. The Balaban J connectivity index is 2.04. The molecule has 1 fully saturated rings. The van der Waals surface area contributed by atoms with Crippen molar-refractivity contribution in [3.63, 3.8) is 0 Å². The zero-order valence-electron chi connectivity index (χ0n) is 13.0. The first kappa shape index (κ1) is 15.7. The van der Waals surface area contributed by atoms with Crippen molar-refractivity contribution >= 4 is 17.3 Å². The molecule has 2 rings (SSSR count). The maximum atomic E-state index is 6.41. The third-order valence-corrected chi connectivity index (χ3v) is 4.47. The van der Waals surface area contributed by atoms with Gasteiger partial charge in [0.05, 0.1) is 0 Å². The highest BCUT2D eigenvalue weighted by Crippen LogP contribution is 2.31. The number of anilines is 1. The summed E-state index contributed by atoms with van der Waals surface area (Å²) >= 11 is 6.41. The molecule has 0 aromatic heterocycles. The molecule has 1 aliphatic carbocycles. The Hall–Kier alpha value is -0.730. The molecule has 0 saturated heterocycles. The Morgan fingerprint density at radius 2 is 2.10 bits per heavy atom. The summed E-state index contributed by atoms with van der Waals surface area (Å²) in [5.74, 6) is 1.53. The number of halogens is 1. The van der Waals surface area contributed by atoms with Gasteiger partial charge >= 0.3 is 0 Å². The summed E-state index contributed by atoms with van der Waals surface area (Å²) in [7, 11) is 2.19. The van der Waals surface area contributed by atoms with E-state index in [0.29, 0.717) is 5.92 Å². The van der Waals surface area contributed by atoms with Gasteiger partial charge in [0.1, 0.15) is 0 Å². The van der Waals surface area contributed by atoms with Crippen LogP contribution in [-0.4, -0.2) is 20.1 Å². The highest BCUT2D eigenvalue weighted by atomic mass is 35.5. The Kier molecular flexibility index (Phi) is 5.74. The van der Waals surface area contributed by atoms with Gasteiger partial charge in [-0.1, -0.05) is 37.9 Å². The van der Waals surface area contributed by atoms with E-state index in [1.165, 1.54) is 30.5 Å². The van der Waals surface area contributed by atoms with E-state index in [1.54, 1.807) is 0 Å². The van der Waals surface area contributed by atoms with E-state index in [4.69, 9.17) is 11.6 Å². The molecule has 1 aliphatic rings. The van der Waals surface area contributed by atoms with Crippen LogP contribution in [0, 0.1) is 11.8 Å². The van der Waals surface area contributed by atoms with E-state index in [9.17, 15) is 0 Å². The van der Waals surface area contributed by atoms with Gasteiger partial charge in [-0.2, -0.15) is 0 Å². The molecule has 2 nitrogen and oxygen atoms in total. The van der Waals surface area contributed by atoms with Gasteiger partial charge in [-0.3, -0.25) is 0 Å². The van der Waals surface area contributed by atoms with Gasteiger partial charge in [-0.15, -0.1) is 0 Å². The lowest BCUT2D eigenvalue weighted by atomic mass is 9.85. The Labute approximate surface area is 128 Å². The van der Waals surface area contributed by atoms with Crippen molar-refractivity contribution in [2.75, 3.05) is 25.0 Å². The summed E-state index contributed by atoms with van der Waals surface area (Å²) in [6, 6.07) is 6.24. The fourth-order valence-electron chi connectivity index (χ4n) is 2.73. The van der Waals surface area contributed by atoms with Crippen LogP contribution in [0.1, 0.15) is 38.7 Å². The van der Waals surface area contributed by atoms with E-state index in [0.717, 1.165) is 30.6 Å². The summed E-state index contributed by atoms with van der Waals surface area (Å²) in [5, 5.41) is 4.38. The molecule has 0 unspecified atom stereocenters. The molecule has 0 heterocycles. The number of hydrogen-bond acceptors (Lipinski definition) is 2. The average Bonchev–Trinajstić information content (AvgIpc) is 2.35. The molecule has 1 aromatic carbocycles. The molecule has 0 aliphatic heterocycles. The molecule has 1 saturated carbocycles. The van der Waals surface area contributed by atoms with Crippen molar-refractivity contribution in [1.29, 1.82) is 0 Å². The molecular formula is C17H27ClN2. The monoisotopic (exact) mass is 294 g/mol. The summed E-state index contributed by atoms with van der Waals surface area (Å²) in [6.45, 7) is 7.48. The molecule has 3 heteroatoms. The lowest BCUT2D eigenvalue weighted by molar-refractivity contribution is 0.321. The van der Waals surface area contributed by atoms with E-state index < -0.39 is 0 Å². The Morgan fingerprint density at radius 3 is 2.70 bits per heavy atom. The second-order valence-electron chi connectivity index (χ2n) is 6.44. The Bertz CT molecular complexity index is 427. The van der Waals surface area contributed by atoms with E-state index in [1.807, 2.05) is 6.07 Å². The van der Waals surface area contributed by atoms with Gasteiger partial charge in [-0.05, 0) is 43.4 Å². The average molecular weight is 295 g/mol. The molecule has 0 bridgehead atoms. The van der Waals surface area contributed by atoms with Crippen molar-refractivity contribution in [3.8, 4) is 0 Å². The standard InChI is InChI=1S/C17H27ClN2/c1-13(2)10-19-11-15-16(18)8-5-9-17(15)20(3)12-14-6-4-7-14/h5,8-9,13-14,19H,4,6-7,10-12H2,1-3H3. The summed E-state index contributed by atoms with van der Waals surface area (Å²) in [6.07, 6.45) is 4.16. The number of nitrogens with zero attached hydrogens (tertiary/aromatic N) is 1. The summed E-state index contributed by atoms with van der Waals surface area (Å²) in [5.41, 5.74) is 2.51. The van der Waals surface area contributed by atoms with Crippen LogP contribution in [0.4, 0.5) is 5.69 Å². The van der Waals surface area contributed by atoms with Crippen LogP contribution >= 0.6 is 11.6 Å². The van der Waals surface area contributed by atoms with Crippen LogP contribution < -0.4 is 10.2 Å². The van der Waals surface area contributed by atoms with Crippen molar-refractivity contribution in [3.05, 3.63) is 28.8 Å². The number of nitrogens with one attached hydrogen (secondary N) is 1. The molecule has 1 N–H and O–H groups in total. The minimum atomic E-state index is 0.661. The van der Waals surface area contributed by atoms with Crippen LogP contribution in [0.2, 0.25) is 5.02 Å². The van der Waals surface area contributed by atoms with Crippen LogP contribution in [0.5, 0.6) is 0 Å². The predicted octanol–water partition coefficient (Wildman–Crippen LogP) is 4.32. The normalized spacial score (nSPS) is 15.4. The van der Waals surface area contributed by atoms with Gasteiger partial charge in [0, 0.05) is 36.4 Å². The topological polar surface area (TPSA) is 15.3 Å². The van der Waals surface area contributed by atoms with Gasteiger partial charge in [-0.25, -0.2) is 0 Å². The lowest BCUT2D eigenvalue weighted by Gasteiger charge is -2.32. The largest absolute Gasteiger partial charge is 0.374 e. The van der Waals surface area contributed by atoms with Crippen LogP contribution in [0.3, 0.4) is 0 Å². The first-order valence-corrected chi connectivity index (χ1v) is 8.15. The van der Waals surface area contributed by atoms with Crippen molar-refractivity contribution < 1.29 is 0 Å². The summed E-state index contributed by atoms with van der Waals surface area (Å²) in [4.78, 5) is 2.38. The number of hydrogen-bond donors (Lipinski definition) is 1. The minimum absolute atomic E-state index is 0.661. The third kappa shape index (κ3) is 4.13. The molecule has 0 amide bonds. The smallest absolute Gasteiger partial charge is 0.0471 e. The quantitative estimate of drug-likeness (QED) is 0.805. The second kappa shape index (κ2) is 7.33. The first-order chi connectivity index (χ1) is 9.58. The predicted molar refractivity (Wildman–Crippen MR) is 88.6 cm³/mol. The maximum absolute atomic E-state index is 6.41. The molecular weight excluding hydrogens is 268 g/mol. The highest BCUT2D eigenvalue weighted by molar-refractivity contribution is 6.31. The molecule has 112 valence electrons. The van der Waals surface area contributed by atoms with E-state index in [-0.39, 0.29) is 0 Å². The highest BCUT2D eigenvalue weighted by Gasteiger charge is 2.20. The zero-order chi connectivity index (χ0) is 14.5. The zero-order valence-corrected chi connectivity index (χ0v) is 13.7. The molecule has 0 spiro atoms. The van der Waals surface area contributed by atoms with Crippen LogP contribution in [0.25, 0.3) is 0 Å². The van der Waals surface area contributed by atoms with Gasteiger partial charge in [0.25, 0.3) is 0 Å². The molecule has 0 radical (unpaired) electrons. The van der Waals surface area contributed by atoms with E-state index in [2.05, 4.69) is 43.2 Å². The number of benzene rings is 1. The molecule has 20 heavy (non-hydrogen) atoms. The van der Waals surface area contributed by atoms with Crippen molar-refractivity contribution in [2.45, 2.75) is 39.7 Å². The summed E-state index contributed by atoms with van der Waals surface area (Å²) < 4.78 is 0. The van der Waals surface area contributed by atoms with Gasteiger partial charge < -0.3 is 10.2 Å². The fraction of sp³-hybridized carbons (Fsp3) is 0.647.